The van der Waals surface area contributed by atoms with Crippen molar-refractivity contribution in [2.75, 3.05) is 0 Å². The summed E-state index contributed by atoms with van der Waals surface area (Å²) in [7, 11) is 0. The second-order valence-electron chi connectivity index (χ2n) is 5.36. The predicted molar refractivity (Wildman–Crippen MR) is 81.6 cm³/mol. The van der Waals surface area contributed by atoms with E-state index in [-0.39, 0.29) is 30.0 Å². The molecule has 0 bridgehead atoms. The summed E-state index contributed by atoms with van der Waals surface area (Å²) in [5.74, 6) is 0.481. The van der Waals surface area contributed by atoms with Gasteiger partial charge in [0.1, 0.15) is 0 Å². The molecule has 2 aromatic heterocycles. The van der Waals surface area contributed by atoms with Gasteiger partial charge in [0.25, 0.3) is 0 Å². The molecule has 1 aliphatic heterocycles. The van der Waals surface area contributed by atoms with Crippen molar-refractivity contribution in [3.05, 3.63) is 44.8 Å². The summed E-state index contributed by atoms with van der Waals surface area (Å²) in [6, 6.07) is 8.98. The van der Waals surface area contributed by atoms with Crippen LogP contribution < -0.4 is 5.32 Å². The lowest BCUT2D eigenvalue weighted by Gasteiger charge is -2.43. The largest absolute Gasteiger partial charge is 0.392 e. The molecule has 4 unspecified atom stereocenters. The van der Waals surface area contributed by atoms with Gasteiger partial charge in [-0.2, -0.15) is 0 Å². The van der Waals surface area contributed by atoms with Gasteiger partial charge in [-0.1, -0.05) is 26.0 Å². The quantitative estimate of drug-likeness (QED) is 0.882. The molecule has 0 radical (unpaired) electrons. The first kappa shape index (κ1) is 13.3. The average Bonchev–Trinajstić information content (AvgIpc) is 3.08. The number of aliphatic hydroxyl groups excluding tert-OH is 1. The lowest BCUT2D eigenvalue weighted by Crippen LogP contribution is -2.48. The van der Waals surface area contributed by atoms with Crippen LogP contribution in [0.5, 0.6) is 0 Å². The molecule has 0 spiro atoms. The van der Waals surface area contributed by atoms with Gasteiger partial charge in [-0.15, -0.1) is 22.7 Å². The summed E-state index contributed by atoms with van der Waals surface area (Å²) in [4.78, 5) is 2.64. The molecule has 1 saturated heterocycles. The van der Waals surface area contributed by atoms with Crippen molar-refractivity contribution in [1.29, 1.82) is 0 Å². The van der Waals surface area contributed by atoms with E-state index in [4.69, 9.17) is 0 Å². The molecule has 19 heavy (non-hydrogen) atoms. The van der Waals surface area contributed by atoms with Gasteiger partial charge in [0, 0.05) is 33.7 Å². The minimum absolute atomic E-state index is 0.241. The van der Waals surface area contributed by atoms with Crippen molar-refractivity contribution in [3.8, 4) is 0 Å². The second-order valence-corrected chi connectivity index (χ2v) is 7.32. The van der Waals surface area contributed by atoms with Gasteiger partial charge >= 0.3 is 0 Å². The third-order valence-corrected chi connectivity index (χ3v) is 6.10. The molecule has 1 aliphatic rings. The van der Waals surface area contributed by atoms with Gasteiger partial charge in [-0.3, -0.25) is 0 Å². The topological polar surface area (TPSA) is 32.3 Å². The monoisotopic (exact) mass is 293 g/mol. The predicted octanol–water partition coefficient (Wildman–Crippen LogP) is 3.83. The number of aliphatic hydroxyl groups is 1. The fourth-order valence-corrected chi connectivity index (χ4v) is 4.79. The van der Waals surface area contributed by atoms with Crippen molar-refractivity contribution in [3.63, 3.8) is 0 Å². The molecule has 0 aliphatic carbocycles. The third kappa shape index (κ3) is 2.38. The van der Waals surface area contributed by atoms with Crippen LogP contribution in [0.3, 0.4) is 0 Å². The highest BCUT2D eigenvalue weighted by atomic mass is 32.1. The molecule has 4 heteroatoms. The summed E-state index contributed by atoms with van der Waals surface area (Å²) < 4.78 is 0. The molecule has 3 heterocycles. The van der Waals surface area contributed by atoms with Crippen LogP contribution in [-0.4, -0.2) is 11.2 Å². The van der Waals surface area contributed by atoms with E-state index in [1.165, 1.54) is 9.75 Å². The Balaban J connectivity index is 1.91. The molecule has 1 fully saturated rings. The molecule has 2 nitrogen and oxygen atoms in total. The number of rotatable bonds is 2. The van der Waals surface area contributed by atoms with Gasteiger partial charge in [0.15, 0.2) is 0 Å². The van der Waals surface area contributed by atoms with E-state index in [1.807, 2.05) is 0 Å². The average molecular weight is 293 g/mol. The third-order valence-electron chi connectivity index (χ3n) is 4.19. The van der Waals surface area contributed by atoms with Crippen LogP contribution in [0.1, 0.15) is 35.7 Å². The standard InChI is InChI=1S/C15H19NOS2/c1-9-13(11-5-3-7-18-11)16-14(10(2)15(9)17)12-6-4-8-19-12/h3-10,13-17H,1-2H3. The van der Waals surface area contributed by atoms with Crippen LogP contribution in [0, 0.1) is 11.8 Å². The summed E-state index contributed by atoms with van der Waals surface area (Å²) in [6.07, 6.45) is -0.263. The van der Waals surface area contributed by atoms with Crippen LogP contribution in [0.15, 0.2) is 35.0 Å². The molecule has 2 aromatic rings. The smallest absolute Gasteiger partial charge is 0.0628 e. The molecule has 3 rings (SSSR count). The highest BCUT2D eigenvalue weighted by Crippen LogP contribution is 2.42. The summed E-state index contributed by atoms with van der Waals surface area (Å²) in [5, 5.41) is 18.5. The Morgan fingerprint density at radius 3 is 1.79 bits per heavy atom. The van der Waals surface area contributed by atoms with E-state index < -0.39 is 0 Å². The fourth-order valence-electron chi connectivity index (χ4n) is 2.99. The molecule has 0 amide bonds. The zero-order valence-corrected chi connectivity index (χ0v) is 12.7. The van der Waals surface area contributed by atoms with Crippen LogP contribution >= 0.6 is 22.7 Å². The highest BCUT2D eigenvalue weighted by Gasteiger charge is 2.40. The highest BCUT2D eigenvalue weighted by molar-refractivity contribution is 7.10. The van der Waals surface area contributed by atoms with Crippen molar-refractivity contribution in [2.24, 2.45) is 11.8 Å². The number of hydrogen-bond acceptors (Lipinski definition) is 4. The molecule has 102 valence electrons. The van der Waals surface area contributed by atoms with E-state index in [1.54, 1.807) is 22.7 Å². The fraction of sp³-hybridized carbons (Fsp3) is 0.467. The van der Waals surface area contributed by atoms with Crippen molar-refractivity contribution < 1.29 is 5.11 Å². The lowest BCUT2D eigenvalue weighted by atomic mass is 9.78. The van der Waals surface area contributed by atoms with Crippen LogP contribution in [-0.2, 0) is 0 Å². The number of hydrogen-bond donors (Lipinski definition) is 2. The van der Waals surface area contributed by atoms with Crippen LogP contribution in [0.25, 0.3) is 0 Å². The molecule has 4 atom stereocenters. The summed E-state index contributed by atoms with van der Waals surface area (Å²) in [6.45, 7) is 4.28. The maximum atomic E-state index is 10.6. The van der Waals surface area contributed by atoms with Gasteiger partial charge in [-0.25, -0.2) is 0 Å². The normalized spacial score (nSPS) is 35.4. The SMILES string of the molecule is CC1C(c2cccs2)NC(c2cccs2)C(C)C1O. The lowest BCUT2D eigenvalue weighted by molar-refractivity contribution is -0.00521. The summed E-state index contributed by atoms with van der Waals surface area (Å²) in [5.41, 5.74) is 0. The molecular weight excluding hydrogens is 274 g/mol. The second kappa shape index (κ2) is 5.37. The van der Waals surface area contributed by atoms with Crippen LogP contribution in [0.2, 0.25) is 0 Å². The van der Waals surface area contributed by atoms with Gasteiger partial charge < -0.3 is 10.4 Å². The zero-order valence-electron chi connectivity index (χ0n) is 11.1. The summed E-state index contributed by atoms with van der Waals surface area (Å²) >= 11 is 3.53. The molecular formula is C15H19NOS2. The first-order valence-corrected chi connectivity index (χ1v) is 8.45. The first-order valence-electron chi connectivity index (χ1n) is 6.69. The minimum Gasteiger partial charge on any atom is -0.392 e. The molecule has 2 N–H and O–H groups in total. The maximum absolute atomic E-state index is 10.6. The Bertz CT molecular complexity index is 462. The van der Waals surface area contributed by atoms with E-state index in [0.29, 0.717) is 0 Å². The van der Waals surface area contributed by atoms with Crippen molar-refractivity contribution >= 4 is 22.7 Å². The zero-order chi connectivity index (χ0) is 13.4. The number of piperidine rings is 1. The number of nitrogens with one attached hydrogen (secondary N) is 1. The minimum atomic E-state index is -0.263. The van der Waals surface area contributed by atoms with Crippen molar-refractivity contribution in [2.45, 2.75) is 32.0 Å². The number of thiophene rings is 2. The van der Waals surface area contributed by atoms with Crippen LogP contribution in [0.4, 0.5) is 0 Å². The van der Waals surface area contributed by atoms with E-state index in [9.17, 15) is 5.11 Å². The Labute approximate surface area is 122 Å². The maximum Gasteiger partial charge on any atom is 0.0628 e. The Morgan fingerprint density at radius 1 is 0.947 bits per heavy atom. The Morgan fingerprint density at radius 2 is 1.42 bits per heavy atom. The van der Waals surface area contributed by atoms with Crippen molar-refractivity contribution in [1.82, 2.24) is 5.32 Å². The first-order chi connectivity index (χ1) is 9.18. The molecule has 0 aromatic carbocycles. The Hall–Kier alpha value is -0.680. The van der Waals surface area contributed by atoms with Gasteiger partial charge in [-0.05, 0) is 22.9 Å². The van der Waals surface area contributed by atoms with Gasteiger partial charge in [0.05, 0.1) is 6.10 Å². The molecule has 0 saturated carbocycles. The van der Waals surface area contributed by atoms with Gasteiger partial charge in [0.2, 0.25) is 0 Å². The van der Waals surface area contributed by atoms with E-state index in [2.05, 4.69) is 54.2 Å². The van der Waals surface area contributed by atoms with E-state index >= 15 is 0 Å². The van der Waals surface area contributed by atoms with E-state index in [0.717, 1.165) is 0 Å². The Kier molecular flexibility index (Phi) is 3.76.